The Labute approximate surface area is 145 Å². The molecule has 0 radical (unpaired) electrons. The Morgan fingerprint density at radius 1 is 1.20 bits per heavy atom. The normalized spacial score (nSPS) is 17.2. The molecule has 1 unspecified atom stereocenters. The monoisotopic (exact) mass is 340 g/mol. The molecular weight excluding hydrogens is 320 g/mol. The first kappa shape index (κ1) is 15.7. The summed E-state index contributed by atoms with van der Waals surface area (Å²) in [4.78, 5) is 11.0. The number of anilines is 1. The largest absolute Gasteiger partial charge is 0.497 e. The van der Waals surface area contributed by atoms with Crippen molar-refractivity contribution >= 4 is 16.9 Å². The molecule has 1 fully saturated rings. The van der Waals surface area contributed by atoms with Crippen molar-refractivity contribution in [3.8, 4) is 11.5 Å². The number of rotatable bonds is 4. The molecule has 1 atom stereocenters. The van der Waals surface area contributed by atoms with E-state index in [1.807, 2.05) is 25.1 Å². The van der Waals surface area contributed by atoms with Gasteiger partial charge in [0.2, 0.25) is 0 Å². The number of ether oxygens (including phenoxy) is 2. The van der Waals surface area contributed by atoms with Crippen molar-refractivity contribution in [2.75, 3.05) is 25.7 Å². The van der Waals surface area contributed by atoms with Gasteiger partial charge in [-0.2, -0.15) is 4.98 Å². The SMILES string of the molecule is COc1ccc(OC)c(C2CCCN2c2ncnc3onc(C)c23)c1. The number of benzene rings is 1. The lowest BCUT2D eigenvalue weighted by molar-refractivity contribution is 0.395. The average molecular weight is 340 g/mol. The highest BCUT2D eigenvalue weighted by atomic mass is 16.5. The first-order chi connectivity index (χ1) is 12.2. The smallest absolute Gasteiger partial charge is 0.263 e. The second-order valence-electron chi connectivity index (χ2n) is 6.10. The van der Waals surface area contributed by atoms with Gasteiger partial charge in [0, 0.05) is 12.1 Å². The highest BCUT2D eigenvalue weighted by Gasteiger charge is 2.32. The lowest BCUT2D eigenvalue weighted by Gasteiger charge is -2.27. The molecule has 0 spiro atoms. The minimum absolute atomic E-state index is 0.150. The number of nitrogens with zero attached hydrogens (tertiary/aromatic N) is 4. The fourth-order valence-electron chi connectivity index (χ4n) is 3.56. The maximum Gasteiger partial charge on any atom is 0.263 e. The summed E-state index contributed by atoms with van der Waals surface area (Å²) >= 11 is 0. The number of methoxy groups -OCH3 is 2. The van der Waals surface area contributed by atoms with Crippen LogP contribution in [0.1, 0.15) is 30.1 Å². The Morgan fingerprint density at radius 2 is 2.08 bits per heavy atom. The van der Waals surface area contributed by atoms with Gasteiger partial charge in [-0.15, -0.1) is 0 Å². The van der Waals surface area contributed by atoms with Gasteiger partial charge in [0.15, 0.2) is 0 Å². The molecule has 0 aliphatic carbocycles. The standard InChI is InChI=1S/C18H20N4O3/c1-11-16-17(19-10-20-18(16)25-21-11)22-8-4-5-14(22)13-9-12(23-2)6-7-15(13)24-3/h6-7,9-10,14H,4-5,8H2,1-3H3. The third kappa shape index (κ3) is 2.56. The maximum atomic E-state index is 5.59. The quantitative estimate of drug-likeness (QED) is 0.721. The van der Waals surface area contributed by atoms with Crippen LogP contribution in [0.15, 0.2) is 29.0 Å². The van der Waals surface area contributed by atoms with E-state index in [2.05, 4.69) is 20.0 Å². The minimum Gasteiger partial charge on any atom is -0.497 e. The Bertz CT molecular complexity index is 908. The fraction of sp³-hybridized carbons (Fsp3) is 0.389. The molecule has 0 bridgehead atoms. The van der Waals surface area contributed by atoms with E-state index in [-0.39, 0.29) is 6.04 Å². The minimum atomic E-state index is 0.150. The zero-order valence-electron chi connectivity index (χ0n) is 14.5. The summed E-state index contributed by atoms with van der Waals surface area (Å²) in [7, 11) is 3.37. The zero-order valence-corrected chi connectivity index (χ0v) is 14.5. The number of aromatic nitrogens is 3. The van der Waals surface area contributed by atoms with E-state index in [0.717, 1.165) is 53.3 Å². The average Bonchev–Trinajstić information content (AvgIpc) is 3.28. The number of hydrogen-bond donors (Lipinski definition) is 0. The predicted octanol–water partition coefficient (Wildman–Crippen LogP) is 3.28. The van der Waals surface area contributed by atoms with Crippen LogP contribution in [-0.2, 0) is 0 Å². The van der Waals surface area contributed by atoms with Crippen molar-refractivity contribution in [3.63, 3.8) is 0 Å². The van der Waals surface area contributed by atoms with Gasteiger partial charge >= 0.3 is 0 Å². The van der Waals surface area contributed by atoms with Gasteiger partial charge in [-0.25, -0.2) is 4.98 Å². The van der Waals surface area contributed by atoms with Crippen LogP contribution >= 0.6 is 0 Å². The molecule has 0 amide bonds. The molecule has 1 aliphatic rings. The Hall–Kier alpha value is -2.83. The Balaban J connectivity index is 1.82. The van der Waals surface area contributed by atoms with Crippen LogP contribution in [0.3, 0.4) is 0 Å². The highest BCUT2D eigenvalue weighted by molar-refractivity contribution is 5.88. The Kier molecular flexibility index (Phi) is 3.91. The van der Waals surface area contributed by atoms with Gasteiger partial charge in [-0.3, -0.25) is 0 Å². The molecule has 1 aliphatic heterocycles. The maximum absolute atomic E-state index is 5.59. The summed E-state index contributed by atoms with van der Waals surface area (Å²) in [5.74, 6) is 2.53. The van der Waals surface area contributed by atoms with Crippen LogP contribution < -0.4 is 14.4 Å². The molecule has 1 saturated heterocycles. The van der Waals surface area contributed by atoms with Crippen molar-refractivity contribution in [1.29, 1.82) is 0 Å². The zero-order chi connectivity index (χ0) is 17.4. The number of fused-ring (bicyclic) bond motifs is 1. The Morgan fingerprint density at radius 3 is 2.88 bits per heavy atom. The summed E-state index contributed by atoms with van der Waals surface area (Å²) in [5.41, 5.74) is 2.42. The van der Waals surface area contributed by atoms with E-state index < -0.39 is 0 Å². The third-order valence-corrected chi connectivity index (χ3v) is 4.74. The van der Waals surface area contributed by atoms with Crippen LogP contribution in [0.25, 0.3) is 11.1 Å². The molecule has 0 N–H and O–H groups in total. The van der Waals surface area contributed by atoms with Crippen molar-refractivity contribution in [3.05, 3.63) is 35.8 Å². The molecule has 2 aromatic heterocycles. The first-order valence-corrected chi connectivity index (χ1v) is 8.28. The second-order valence-corrected chi connectivity index (χ2v) is 6.10. The van der Waals surface area contributed by atoms with E-state index in [1.54, 1.807) is 14.2 Å². The summed E-state index contributed by atoms with van der Waals surface area (Å²) in [5, 5.41) is 4.91. The van der Waals surface area contributed by atoms with Gasteiger partial charge in [-0.1, -0.05) is 5.16 Å². The van der Waals surface area contributed by atoms with E-state index in [1.165, 1.54) is 6.33 Å². The van der Waals surface area contributed by atoms with Crippen LogP contribution in [-0.4, -0.2) is 35.9 Å². The highest BCUT2D eigenvalue weighted by Crippen LogP contribution is 2.42. The molecule has 1 aromatic carbocycles. The fourth-order valence-corrected chi connectivity index (χ4v) is 3.56. The molecule has 4 rings (SSSR count). The molecule has 7 heteroatoms. The molecule has 25 heavy (non-hydrogen) atoms. The lowest BCUT2D eigenvalue weighted by atomic mass is 10.0. The molecule has 7 nitrogen and oxygen atoms in total. The lowest BCUT2D eigenvalue weighted by Crippen LogP contribution is -2.24. The van der Waals surface area contributed by atoms with Crippen molar-refractivity contribution in [2.45, 2.75) is 25.8 Å². The van der Waals surface area contributed by atoms with Gasteiger partial charge in [0.1, 0.15) is 29.0 Å². The number of hydrogen-bond acceptors (Lipinski definition) is 7. The molecule has 130 valence electrons. The van der Waals surface area contributed by atoms with Gasteiger partial charge < -0.3 is 18.9 Å². The van der Waals surface area contributed by atoms with Gasteiger partial charge in [0.25, 0.3) is 5.71 Å². The van der Waals surface area contributed by atoms with Crippen LogP contribution in [0, 0.1) is 6.92 Å². The molecule has 0 saturated carbocycles. The van der Waals surface area contributed by atoms with Crippen LogP contribution in [0.5, 0.6) is 11.5 Å². The third-order valence-electron chi connectivity index (χ3n) is 4.74. The van der Waals surface area contributed by atoms with Crippen molar-refractivity contribution in [1.82, 2.24) is 15.1 Å². The van der Waals surface area contributed by atoms with Crippen molar-refractivity contribution in [2.24, 2.45) is 0 Å². The van der Waals surface area contributed by atoms with Crippen LogP contribution in [0.2, 0.25) is 0 Å². The topological polar surface area (TPSA) is 73.5 Å². The van der Waals surface area contributed by atoms with Gasteiger partial charge in [0.05, 0.1) is 26.0 Å². The van der Waals surface area contributed by atoms with Gasteiger partial charge in [-0.05, 0) is 38.0 Å². The second kappa shape index (κ2) is 6.23. The van der Waals surface area contributed by atoms with E-state index in [9.17, 15) is 0 Å². The predicted molar refractivity (Wildman–Crippen MR) is 93.2 cm³/mol. The van der Waals surface area contributed by atoms with E-state index >= 15 is 0 Å². The van der Waals surface area contributed by atoms with E-state index in [0.29, 0.717) is 5.71 Å². The molecule has 3 aromatic rings. The summed E-state index contributed by atoms with van der Waals surface area (Å²) in [6, 6.07) is 6.05. The molecular formula is C18H20N4O3. The van der Waals surface area contributed by atoms with Crippen molar-refractivity contribution < 1.29 is 14.0 Å². The molecule has 3 heterocycles. The number of aryl methyl sites for hydroxylation is 1. The summed E-state index contributed by atoms with van der Waals surface area (Å²) < 4.78 is 16.3. The summed E-state index contributed by atoms with van der Waals surface area (Å²) in [6.45, 7) is 2.82. The summed E-state index contributed by atoms with van der Waals surface area (Å²) in [6.07, 6.45) is 3.61. The van der Waals surface area contributed by atoms with Crippen LogP contribution in [0.4, 0.5) is 5.82 Å². The first-order valence-electron chi connectivity index (χ1n) is 8.28. The van der Waals surface area contributed by atoms with E-state index in [4.69, 9.17) is 14.0 Å².